The van der Waals surface area contributed by atoms with Crippen LogP contribution < -0.4 is 5.32 Å². The van der Waals surface area contributed by atoms with Gasteiger partial charge in [0.25, 0.3) is 0 Å². The predicted octanol–water partition coefficient (Wildman–Crippen LogP) is 4.54. The van der Waals surface area contributed by atoms with Crippen molar-refractivity contribution in [1.82, 2.24) is 5.32 Å². The van der Waals surface area contributed by atoms with Crippen LogP contribution in [0.1, 0.15) is 38.7 Å². The van der Waals surface area contributed by atoms with Crippen molar-refractivity contribution in [3.8, 4) is 0 Å². The van der Waals surface area contributed by atoms with Crippen LogP contribution >= 0.6 is 15.9 Å². The van der Waals surface area contributed by atoms with Gasteiger partial charge >= 0.3 is 0 Å². The summed E-state index contributed by atoms with van der Waals surface area (Å²) in [5.41, 5.74) is 0.407. The quantitative estimate of drug-likeness (QED) is 0.794. The number of carbonyl (C=O) groups excluding carboxylic acids is 1. The van der Waals surface area contributed by atoms with Gasteiger partial charge in [0.05, 0.1) is 0 Å². The largest absolute Gasteiger partial charge is 0.350 e. The third-order valence-corrected chi connectivity index (χ3v) is 4.90. The minimum Gasteiger partial charge on any atom is -0.350 e. The van der Waals surface area contributed by atoms with Crippen molar-refractivity contribution in [2.75, 3.05) is 0 Å². The van der Waals surface area contributed by atoms with Gasteiger partial charge in [-0.25, -0.2) is 4.39 Å². The zero-order chi connectivity index (χ0) is 15.4. The molecule has 1 aromatic rings. The number of rotatable bonds is 3. The number of halogens is 2. The molecular formula is C17H21BrFNO. The summed E-state index contributed by atoms with van der Waals surface area (Å²) in [4.78, 5) is 12.0. The molecule has 1 fully saturated rings. The van der Waals surface area contributed by atoms with E-state index in [9.17, 15) is 9.18 Å². The molecule has 0 heterocycles. The Morgan fingerprint density at radius 1 is 1.38 bits per heavy atom. The molecule has 1 amide bonds. The Balaban J connectivity index is 1.98. The Labute approximate surface area is 133 Å². The maximum absolute atomic E-state index is 13.6. The van der Waals surface area contributed by atoms with Gasteiger partial charge in [-0.3, -0.25) is 4.79 Å². The molecule has 0 unspecified atom stereocenters. The molecule has 1 aromatic carbocycles. The minimum absolute atomic E-state index is 0.152. The van der Waals surface area contributed by atoms with E-state index in [1.807, 2.05) is 0 Å². The third-order valence-electron chi connectivity index (χ3n) is 4.41. The fraction of sp³-hybridized carbons (Fsp3) is 0.471. The highest BCUT2D eigenvalue weighted by Crippen LogP contribution is 2.29. The van der Waals surface area contributed by atoms with Crippen LogP contribution in [0.5, 0.6) is 0 Å². The first kappa shape index (κ1) is 16.2. The van der Waals surface area contributed by atoms with E-state index in [4.69, 9.17) is 0 Å². The standard InChI is InChI=1S/C17H21BrFNO/c1-11-4-3-5-16(12(11)2)20-17(21)9-6-13-10-14(18)7-8-15(13)19/h6-12,16H,3-5H2,1-2H3,(H,20,21)/b9-6+/t11-,12-,16+/m1/s1. The van der Waals surface area contributed by atoms with Crippen molar-refractivity contribution >= 4 is 27.9 Å². The fourth-order valence-corrected chi connectivity index (χ4v) is 3.20. The lowest BCUT2D eigenvalue weighted by Crippen LogP contribution is -2.43. The zero-order valence-electron chi connectivity index (χ0n) is 12.4. The summed E-state index contributed by atoms with van der Waals surface area (Å²) in [6.07, 6.45) is 6.34. The summed E-state index contributed by atoms with van der Waals surface area (Å²) in [6, 6.07) is 4.90. The lowest BCUT2D eigenvalue weighted by atomic mass is 9.78. The number of benzene rings is 1. The molecular weight excluding hydrogens is 333 g/mol. The average molecular weight is 354 g/mol. The maximum atomic E-state index is 13.6. The molecule has 1 N–H and O–H groups in total. The summed E-state index contributed by atoms with van der Waals surface area (Å²) in [6.45, 7) is 4.42. The van der Waals surface area contributed by atoms with E-state index in [-0.39, 0.29) is 17.8 Å². The molecule has 114 valence electrons. The Kier molecular flexibility index (Phi) is 5.57. The van der Waals surface area contributed by atoms with Gasteiger partial charge in [-0.05, 0) is 42.5 Å². The fourth-order valence-electron chi connectivity index (χ4n) is 2.82. The first-order valence-electron chi connectivity index (χ1n) is 7.41. The molecule has 0 aromatic heterocycles. The van der Waals surface area contributed by atoms with Crippen LogP contribution in [0.15, 0.2) is 28.7 Å². The zero-order valence-corrected chi connectivity index (χ0v) is 14.0. The number of nitrogens with one attached hydrogen (secondary N) is 1. The molecule has 0 spiro atoms. The Bertz CT molecular complexity index is 544. The molecule has 2 rings (SSSR count). The van der Waals surface area contributed by atoms with Crippen molar-refractivity contribution < 1.29 is 9.18 Å². The summed E-state index contributed by atoms with van der Waals surface area (Å²) < 4.78 is 14.4. The lowest BCUT2D eigenvalue weighted by Gasteiger charge is -2.34. The molecule has 0 radical (unpaired) electrons. The monoisotopic (exact) mass is 353 g/mol. The van der Waals surface area contributed by atoms with Crippen LogP contribution in [0.25, 0.3) is 6.08 Å². The van der Waals surface area contributed by atoms with Gasteiger partial charge in [-0.2, -0.15) is 0 Å². The van der Waals surface area contributed by atoms with E-state index in [0.29, 0.717) is 17.4 Å². The third kappa shape index (κ3) is 4.40. The second kappa shape index (κ2) is 7.21. The summed E-state index contributed by atoms with van der Waals surface area (Å²) in [7, 11) is 0. The topological polar surface area (TPSA) is 29.1 Å². The van der Waals surface area contributed by atoms with E-state index >= 15 is 0 Å². The minimum atomic E-state index is -0.332. The molecule has 1 aliphatic carbocycles. The molecule has 4 heteroatoms. The van der Waals surface area contributed by atoms with Crippen LogP contribution in [0.3, 0.4) is 0 Å². The van der Waals surface area contributed by atoms with Gasteiger partial charge in [0.15, 0.2) is 0 Å². The highest BCUT2D eigenvalue weighted by atomic mass is 79.9. The van der Waals surface area contributed by atoms with E-state index in [2.05, 4.69) is 35.1 Å². The van der Waals surface area contributed by atoms with E-state index in [0.717, 1.165) is 17.3 Å². The summed E-state index contributed by atoms with van der Waals surface area (Å²) in [5.74, 6) is 0.636. The van der Waals surface area contributed by atoms with Crippen LogP contribution in [-0.2, 0) is 4.79 Å². The van der Waals surface area contributed by atoms with Crippen LogP contribution in [0.4, 0.5) is 4.39 Å². The van der Waals surface area contributed by atoms with Gasteiger partial charge in [0.2, 0.25) is 5.91 Å². The lowest BCUT2D eigenvalue weighted by molar-refractivity contribution is -0.117. The predicted molar refractivity (Wildman–Crippen MR) is 87.2 cm³/mol. The van der Waals surface area contributed by atoms with Crippen molar-refractivity contribution in [1.29, 1.82) is 0 Å². The Hall–Kier alpha value is -1.16. The van der Waals surface area contributed by atoms with Gasteiger partial charge in [0.1, 0.15) is 5.82 Å². The number of hydrogen-bond acceptors (Lipinski definition) is 1. The molecule has 2 nitrogen and oxygen atoms in total. The van der Waals surface area contributed by atoms with Crippen molar-refractivity contribution in [2.45, 2.75) is 39.2 Å². The van der Waals surface area contributed by atoms with Crippen LogP contribution in [0.2, 0.25) is 0 Å². The number of amides is 1. The van der Waals surface area contributed by atoms with Gasteiger partial charge in [-0.15, -0.1) is 0 Å². The first-order chi connectivity index (χ1) is 9.97. The second-order valence-electron chi connectivity index (χ2n) is 5.88. The highest BCUT2D eigenvalue weighted by Gasteiger charge is 2.27. The smallest absolute Gasteiger partial charge is 0.244 e. The number of carbonyl (C=O) groups is 1. The molecule has 0 saturated heterocycles. The SMILES string of the molecule is C[C@@H]1[C@H](C)CCC[C@@H]1NC(=O)/C=C/c1cc(Br)ccc1F. The number of hydrogen-bond donors (Lipinski definition) is 1. The molecule has 0 bridgehead atoms. The molecule has 3 atom stereocenters. The normalized spacial score (nSPS) is 26.0. The van der Waals surface area contributed by atoms with Crippen molar-refractivity contribution in [3.63, 3.8) is 0 Å². The average Bonchev–Trinajstić information content (AvgIpc) is 2.45. The Morgan fingerprint density at radius 2 is 2.14 bits per heavy atom. The van der Waals surface area contributed by atoms with Gasteiger partial charge in [0, 0.05) is 22.2 Å². The molecule has 21 heavy (non-hydrogen) atoms. The van der Waals surface area contributed by atoms with Gasteiger partial charge in [-0.1, -0.05) is 42.6 Å². The van der Waals surface area contributed by atoms with Crippen molar-refractivity contribution in [2.24, 2.45) is 11.8 Å². The van der Waals surface area contributed by atoms with Crippen LogP contribution in [-0.4, -0.2) is 11.9 Å². The molecule has 0 aliphatic heterocycles. The molecule has 1 saturated carbocycles. The van der Waals surface area contributed by atoms with Crippen LogP contribution in [0, 0.1) is 17.7 Å². The Morgan fingerprint density at radius 3 is 2.90 bits per heavy atom. The maximum Gasteiger partial charge on any atom is 0.244 e. The first-order valence-corrected chi connectivity index (χ1v) is 8.20. The van der Waals surface area contributed by atoms with E-state index in [1.54, 1.807) is 12.1 Å². The second-order valence-corrected chi connectivity index (χ2v) is 6.80. The summed E-state index contributed by atoms with van der Waals surface area (Å²) in [5, 5.41) is 3.04. The molecule has 1 aliphatic rings. The van der Waals surface area contributed by atoms with Crippen molar-refractivity contribution in [3.05, 3.63) is 40.1 Å². The van der Waals surface area contributed by atoms with E-state index < -0.39 is 0 Å². The highest BCUT2D eigenvalue weighted by molar-refractivity contribution is 9.10. The van der Waals surface area contributed by atoms with E-state index in [1.165, 1.54) is 24.6 Å². The van der Waals surface area contributed by atoms with Gasteiger partial charge < -0.3 is 5.32 Å². The summed E-state index contributed by atoms with van der Waals surface area (Å²) >= 11 is 3.30.